The number of allylic oxidation sites excluding steroid dienone is 1. The van der Waals surface area contributed by atoms with E-state index in [0.717, 1.165) is 19.3 Å². The second kappa shape index (κ2) is 17.3. The van der Waals surface area contributed by atoms with Crippen molar-refractivity contribution in [1.29, 1.82) is 0 Å². The van der Waals surface area contributed by atoms with Crippen molar-refractivity contribution in [2.45, 2.75) is 124 Å². The van der Waals surface area contributed by atoms with Gasteiger partial charge in [0.25, 0.3) is 0 Å². The molecule has 1 aromatic rings. The van der Waals surface area contributed by atoms with Crippen LogP contribution in [0.3, 0.4) is 0 Å². The molecule has 0 saturated heterocycles. The van der Waals surface area contributed by atoms with E-state index >= 15 is 0 Å². The summed E-state index contributed by atoms with van der Waals surface area (Å²) >= 11 is -2.49. The number of hydrogen-bond donors (Lipinski definition) is 1. The van der Waals surface area contributed by atoms with Crippen molar-refractivity contribution in [3.05, 3.63) is 45.6 Å². The zero-order valence-corrected chi connectivity index (χ0v) is 23.4. The average molecular weight is 521 g/mol. The molecule has 1 N–H and O–H groups in total. The molecule has 1 rings (SSSR count). The summed E-state index contributed by atoms with van der Waals surface area (Å²) in [6.45, 7) is 9.30. The Morgan fingerprint density at radius 1 is 0.800 bits per heavy atom. The van der Waals surface area contributed by atoms with Crippen LogP contribution in [0.4, 0.5) is 0 Å². The molecular weight excluding hydrogens is 471 g/mol. The molecule has 1 unspecified atom stereocenters. The van der Waals surface area contributed by atoms with Gasteiger partial charge in [-0.25, -0.2) is 0 Å². The molecule has 0 fully saturated rings. The molecular formula is C28H50OSn. The monoisotopic (exact) mass is 522 g/mol. The van der Waals surface area contributed by atoms with Gasteiger partial charge in [-0.1, -0.05) is 0 Å². The topological polar surface area (TPSA) is 20.2 Å². The first kappa shape index (κ1) is 27.8. The number of benzene rings is 1. The molecule has 172 valence electrons. The Hall–Kier alpha value is -0.281. The van der Waals surface area contributed by atoms with Crippen LogP contribution in [0, 0.1) is 0 Å². The fourth-order valence-corrected chi connectivity index (χ4v) is 21.9. The maximum atomic E-state index is 10.9. The van der Waals surface area contributed by atoms with Crippen molar-refractivity contribution >= 4 is 18.4 Å². The second-order valence-electron chi connectivity index (χ2n) is 9.33. The predicted octanol–water partition coefficient (Wildman–Crippen LogP) is 8.88. The van der Waals surface area contributed by atoms with Crippen LogP contribution in [0.5, 0.6) is 0 Å². The molecule has 1 aromatic carbocycles. The quantitative estimate of drug-likeness (QED) is 0.151. The Bertz CT molecular complexity index is 529. The first-order chi connectivity index (χ1) is 14.6. The standard InChI is InChI=1S/C16H23O.3C4H9.Sn/c1-2-3-5-13-16(17)14-9-8-12-15-10-6-4-7-11-15;3*1-3-4-2;/h4,6-7,10-11,14,16-17H,2-3,5,8,12-13H2,1H3;3*1,3-4H2,2H3;. The number of unbranched alkanes of at least 4 members (excludes halogenated alkanes) is 5. The van der Waals surface area contributed by atoms with Crippen LogP contribution in [0.1, 0.15) is 104 Å². The average Bonchev–Trinajstić information content (AvgIpc) is 2.77. The summed E-state index contributed by atoms with van der Waals surface area (Å²) < 4.78 is 6.25. The van der Waals surface area contributed by atoms with E-state index in [1.165, 1.54) is 76.7 Å². The molecule has 2 heteroatoms. The van der Waals surface area contributed by atoms with E-state index < -0.39 is 18.4 Å². The molecule has 30 heavy (non-hydrogen) atoms. The zero-order chi connectivity index (χ0) is 22.1. The van der Waals surface area contributed by atoms with Crippen LogP contribution in [-0.4, -0.2) is 29.6 Å². The van der Waals surface area contributed by atoms with Crippen LogP contribution in [0.15, 0.2) is 40.0 Å². The van der Waals surface area contributed by atoms with Gasteiger partial charge < -0.3 is 0 Å². The normalized spacial score (nSPS) is 13.6. The van der Waals surface area contributed by atoms with Gasteiger partial charge in [0.2, 0.25) is 0 Å². The number of aliphatic hydroxyl groups is 1. The molecule has 0 aromatic heterocycles. The van der Waals surface area contributed by atoms with E-state index in [2.05, 4.69) is 64.1 Å². The maximum absolute atomic E-state index is 10.9. The molecule has 0 bridgehead atoms. The van der Waals surface area contributed by atoms with Crippen molar-refractivity contribution < 1.29 is 5.11 Å². The van der Waals surface area contributed by atoms with Crippen LogP contribution in [0.2, 0.25) is 13.3 Å². The van der Waals surface area contributed by atoms with Crippen LogP contribution in [-0.2, 0) is 6.42 Å². The van der Waals surface area contributed by atoms with Gasteiger partial charge in [0.05, 0.1) is 0 Å². The number of aryl methyl sites for hydroxylation is 1. The van der Waals surface area contributed by atoms with E-state index in [1.54, 1.807) is 3.59 Å². The van der Waals surface area contributed by atoms with Gasteiger partial charge >= 0.3 is 193 Å². The number of hydrogen-bond acceptors (Lipinski definition) is 1. The Labute approximate surface area is 192 Å². The van der Waals surface area contributed by atoms with E-state index in [0.29, 0.717) is 0 Å². The predicted molar refractivity (Wildman–Crippen MR) is 138 cm³/mol. The molecule has 0 radical (unpaired) electrons. The molecule has 0 aliphatic rings. The third kappa shape index (κ3) is 10.8. The summed E-state index contributed by atoms with van der Waals surface area (Å²) in [5.74, 6) is 0. The third-order valence-corrected chi connectivity index (χ3v) is 23.0. The van der Waals surface area contributed by atoms with Gasteiger partial charge in [-0.05, 0) is 0 Å². The molecule has 0 amide bonds. The summed E-state index contributed by atoms with van der Waals surface area (Å²) in [6, 6.07) is 11.0. The van der Waals surface area contributed by atoms with Crippen molar-refractivity contribution in [2.24, 2.45) is 0 Å². The molecule has 0 aliphatic carbocycles. The van der Waals surface area contributed by atoms with E-state index in [4.69, 9.17) is 0 Å². The third-order valence-electron chi connectivity index (χ3n) is 6.73. The molecule has 0 heterocycles. The summed E-state index contributed by atoms with van der Waals surface area (Å²) in [7, 11) is 0. The molecule has 1 nitrogen and oxygen atoms in total. The van der Waals surface area contributed by atoms with Gasteiger partial charge in [0.1, 0.15) is 0 Å². The Balaban J connectivity index is 3.17. The van der Waals surface area contributed by atoms with Gasteiger partial charge in [-0.15, -0.1) is 0 Å². The number of rotatable bonds is 18. The minimum absolute atomic E-state index is 0.233. The van der Waals surface area contributed by atoms with Crippen LogP contribution >= 0.6 is 0 Å². The second-order valence-corrected chi connectivity index (χ2v) is 22.8. The van der Waals surface area contributed by atoms with Crippen molar-refractivity contribution in [2.75, 3.05) is 0 Å². The zero-order valence-electron chi connectivity index (χ0n) is 20.6. The van der Waals surface area contributed by atoms with Crippen LogP contribution in [0.25, 0.3) is 0 Å². The van der Waals surface area contributed by atoms with Gasteiger partial charge in [-0.3, -0.25) is 0 Å². The van der Waals surface area contributed by atoms with Crippen LogP contribution < -0.4 is 0 Å². The summed E-state index contributed by atoms with van der Waals surface area (Å²) in [5.41, 5.74) is 1.45. The summed E-state index contributed by atoms with van der Waals surface area (Å²) in [6.07, 6.45) is 17.1. The Morgan fingerprint density at radius 3 is 1.83 bits per heavy atom. The first-order valence-corrected chi connectivity index (χ1v) is 20.5. The van der Waals surface area contributed by atoms with Crippen molar-refractivity contribution in [1.82, 2.24) is 0 Å². The molecule has 0 saturated carbocycles. The van der Waals surface area contributed by atoms with Crippen molar-refractivity contribution in [3.63, 3.8) is 0 Å². The van der Waals surface area contributed by atoms with E-state index in [9.17, 15) is 5.11 Å². The summed E-state index contributed by atoms with van der Waals surface area (Å²) in [4.78, 5) is 0. The number of aliphatic hydroxyl groups excluding tert-OH is 1. The summed E-state index contributed by atoms with van der Waals surface area (Å²) in [5, 5.41) is 10.9. The molecule has 1 atom stereocenters. The molecule has 0 spiro atoms. The van der Waals surface area contributed by atoms with Crippen molar-refractivity contribution in [3.8, 4) is 0 Å². The van der Waals surface area contributed by atoms with E-state index in [-0.39, 0.29) is 6.10 Å². The SMILES string of the molecule is CCCCCC(O)/C=[C](\CCc1ccccc1)[Sn]([CH2]CCC)([CH2]CCC)[CH2]CCC. The van der Waals surface area contributed by atoms with Gasteiger partial charge in [0.15, 0.2) is 0 Å². The minimum atomic E-state index is -2.49. The van der Waals surface area contributed by atoms with Gasteiger partial charge in [0, 0.05) is 0 Å². The fourth-order valence-electron chi connectivity index (χ4n) is 4.77. The van der Waals surface area contributed by atoms with Gasteiger partial charge in [-0.2, -0.15) is 0 Å². The Morgan fingerprint density at radius 2 is 1.33 bits per heavy atom. The first-order valence-electron chi connectivity index (χ1n) is 13.0. The van der Waals surface area contributed by atoms with E-state index in [1.807, 2.05) is 0 Å². The fraction of sp³-hybridized carbons (Fsp3) is 0.714. The molecule has 0 aliphatic heterocycles. The Kier molecular flexibility index (Phi) is 16.0.